The van der Waals surface area contributed by atoms with Crippen molar-refractivity contribution in [1.29, 1.82) is 0 Å². The van der Waals surface area contributed by atoms with E-state index in [1.165, 1.54) is 5.57 Å². The van der Waals surface area contributed by atoms with Gasteiger partial charge in [-0.2, -0.15) is 0 Å². The maximum atomic E-state index is 11.7. The SMILES string of the molecule is C=C1CC[C@@H]2[C@H](/C=C(/C)CC[C@@H]1O)OC(=O)[C@H]2C. The predicted octanol–water partition coefficient (Wildman–Crippen LogP) is 2.60. The molecule has 1 aliphatic carbocycles. The molecule has 1 saturated heterocycles. The van der Waals surface area contributed by atoms with E-state index in [0.717, 1.165) is 24.8 Å². The van der Waals surface area contributed by atoms with Crippen LogP contribution in [-0.4, -0.2) is 23.3 Å². The number of fused-ring (bicyclic) bond motifs is 1. The van der Waals surface area contributed by atoms with Gasteiger partial charge in [-0.1, -0.05) is 19.1 Å². The number of hydrogen-bond donors (Lipinski definition) is 1. The molecule has 0 aromatic rings. The molecule has 1 fully saturated rings. The van der Waals surface area contributed by atoms with Crippen LogP contribution in [0.2, 0.25) is 0 Å². The van der Waals surface area contributed by atoms with Crippen LogP contribution in [0.5, 0.6) is 0 Å². The Morgan fingerprint density at radius 3 is 2.83 bits per heavy atom. The van der Waals surface area contributed by atoms with Gasteiger partial charge < -0.3 is 9.84 Å². The van der Waals surface area contributed by atoms with Crippen molar-refractivity contribution >= 4 is 5.97 Å². The zero-order chi connectivity index (χ0) is 13.3. The highest BCUT2D eigenvalue weighted by molar-refractivity contribution is 5.75. The highest BCUT2D eigenvalue weighted by Crippen LogP contribution is 2.35. The molecule has 0 saturated carbocycles. The molecule has 18 heavy (non-hydrogen) atoms. The molecule has 0 unspecified atom stereocenters. The van der Waals surface area contributed by atoms with Gasteiger partial charge in [0.1, 0.15) is 6.10 Å². The van der Waals surface area contributed by atoms with Crippen molar-refractivity contribution in [3.8, 4) is 0 Å². The Morgan fingerprint density at radius 1 is 1.39 bits per heavy atom. The van der Waals surface area contributed by atoms with E-state index in [1.807, 2.05) is 13.8 Å². The Kier molecular flexibility index (Phi) is 3.91. The molecule has 100 valence electrons. The van der Waals surface area contributed by atoms with Crippen LogP contribution in [0.1, 0.15) is 39.5 Å². The summed E-state index contributed by atoms with van der Waals surface area (Å²) in [5, 5.41) is 9.95. The van der Waals surface area contributed by atoms with Crippen molar-refractivity contribution in [2.75, 3.05) is 0 Å². The van der Waals surface area contributed by atoms with E-state index in [-0.39, 0.29) is 23.9 Å². The van der Waals surface area contributed by atoms with Gasteiger partial charge in [0.25, 0.3) is 0 Å². The van der Waals surface area contributed by atoms with E-state index in [1.54, 1.807) is 0 Å². The molecule has 1 aliphatic heterocycles. The smallest absolute Gasteiger partial charge is 0.309 e. The lowest BCUT2D eigenvalue weighted by molar-refractivity contribution is -0.142. The molecule has 0 aromatic carbocycles. The summed E-state index contributed by atoms with van der Waals surface area (Å²) in [4.78, 5) is 11.7. The molecule has 3 heteroatoms. The monoisotopic (exact) mass is 250 g/mol. The third-order valence-corrected chi connectivity index (χ3v) is 4.22. The summed E-state index contributed by atoms with van der Waals surface area (Å²) in [7, 11) is 0. The summed E-state index contributed by atoms with van der Waals surface area (Å²) < 4.78 is 5.43. The predicted molar refractivity (Wildman–Crippen MR) is 69.9 cm³/mol. The highest BCUT2D eigenvalue weighted by Gasteiger charge is 2.40. The Bertz CT molecular complexity index is 383. The van der Waals surface area contributed by atoms with Crippen LogP contribution in [0.3, 0.4) is 0 Å². The van der Waals surface area contributed by atoms with Gasteiger partial charge in [0.15, 0.2) is 0 Å². The number of rotatable bonds is 0. The van der Waals surface area contributed by atoms with E-state index in [9.17, 15) is 9.90 Å². The molecule has 2 rings (SSSR count). The first-order valence-corrected chi connectivity index (χ1v) is 6.72. The lowest BCUT2D eigenvalue weighted by atomic mass is 9.83. The van der Waals surface area contributed by atoms with E-state index in [2.05, 4.69) is 12.7 Å². The van der Waals surface area contributed by atoms with Crippen LogP contribution >= 0.6 is 0 Å². The lowest BCUT2D eigenvalue weighted by Crippen LogP contribution is -2.21. The van der Waals surface area contributed by atoms with E-state index < -0.39 is 6.10 Å². The first-order valence-electron chi connectivity index (χ1n) is 6.72. The fourth-order valence-corrected chi connectivity index (χ4v) is 2.81. The normalized spacial score (nSPS) is 40.7. The Balaban J connectivity index is 2.21. The maximum absolute atomic E-state index is 11.7. The molecule has 0 amide bonds. The van der Waals surface area contributed by atoms with Gasteiger partial charge in [-0.05, 0) is 44.3 Å². The quantitative estimate of drug-likeness (QED) is 0.531. The number of ether oxygens (including phenoxy) is 1. The Labute approximate surface area is 109 Å². The first-order chi connectivity index (χ1) is 8.49. The lowest BCUT2D eigenvalue weighted by Gasteiger charge is -2.22. The van der Waals surface area contributed by atoms with Gasteiger partial charge in [-0.3, -0.25) is 4.79 Å². The molecule has 1 N–H and O–H groups in total. The fourth-order valence-electron chi connectivity index (χ4n) is 2.81. The van der Waals surface area contributed by atoms with E-state index in [0.29, 0.717) is 6.42 Å². The molecule has 0 radical (unpaired) electrons. The van der Waals surface area contributed by atoms with Crippen molar-refractivity contribution in [1.82, 2.24) is 0 Å². The standard InChI is InChI=1S/C15H22O3/c1-9-4-7-13(16)10(2)5-6-12-11(3)15(17)18-14(12)8-9/h8,11-14,16H,2,4-7H2,1,3H3/b9-8-/t11-,12-,13-,14-/m0/s1. The van der Waals surface area contributed by atoms with Gasteiger partial charge in [0, 0.05) is 5.92 Å². The second-order valence-electron chi connectivity index (χ2n) is 5.62. The van der Waals surface area contributed by atoms with Gasteiger partial charge in [-0.25, -0.2) is 0 Å². The minimum Gasteiger partial charge on any atom is -0.458 e. The molecular weight excluding hydrogens is 228 g/mol. The van der Waals surface area contributed by atoms with Crippen LogP contribution in [-0.2, 0) is 9.53 Å². The highest BCUT2D eigenvalue weighted by atomic mass is 16.6. The minimum atomic E-state index is -0.418. The zero-order valence-electron chi connectivity index (χ0n) is 11.2. The van der Waals surface area contributed by atoms with Crippen molar-refractivity contribution in [2.45, 2.75) is 51.7 Å². The van der Waals surface area contributed by atoms with Gasteiger partial charge in [0.2, 0.25) is 0 Å². The van der Waals surface area contributed by atoms with Crippen LogP contribution in [0.4, 0.5) is 0 Å². The molecule has 3 nitrogen and oxygen atoms in total. The zero-order valence-corrected chi connectivity index (χ0v) is 11.2. The second-order valence-corrected chi connectivity index (χ2v) is 5.62. The summed E-state index contributed by atoms with van der Waals surface area (Å²) in [6.45, 7) is 7.92. The summed E-state index contributed by atoms with van der Waals surface area (Å²) in [6.07, 6.45) is 4.73. The van der Waals surface area contributed by atoms with Gasteiger partial charge in [0.05, 0.1) is 12.0 Å². The van der Waals surface area contributed by atoms with Crippen molar-refractivity contribution in [3.63, 3.8) is 0 Å². The maximum Gasteiger partial charge on any atom is 0.309 e. The number of carbonyl (C=O) groups is 1. The van der Waals surface area contributed by atoms with Crippen LogP contribution < -0.4 is 0 Å². The summed E-state index contributed by atoms with van der Waals surface area (Å²) in [5.74, 6) is 0.0670. The number of aliphatic hydroxyl groups excluding tert-OH is 1. The average Bonchev–Trinajstić information content (AvgIpc) is 2.58. The van der Waals surface area contributed by atoms with Gasteiger partial charge in [-0.15, -0.1) is 0 Å². The summed E-state index contributed by atoms with van der Waals surface area (Å²) in [5.41, 5.74) is 2.07. The van der Waals surface area contributed by atoms with Crippen molar-refractivity contribution in [3.05, 3.63) is 23.8 Å². The third kappa shape index (κ3) is 2.66. The Morgan fingerprint density at radius 2 is 2.11 bits per heavy atom. The van der Waals surface area contributed by atoms with E-state index >= 15 is 0 Å². The van der Waals surface area contributed by atoms with Crippen LogP contribution in [0.15, 0.2) is 23.8 Å². The summed E-state index contributed by atoms with van der Waals surface area (Å²) in [6, 6.07) is 0. The average molecular weight is 250 g/mol. The minimum absolute atomic E-state index is 0.0524. The topological polar surface area (TPSA) is 46.5 Å². The van der Waals surface area contributed by atoms with Crippen LogP contribution in [0.25, 0.3) is 0 Å². The molecule has 2 aliphatic rings. The molecule has 0 spiro atoms. The largest absolute Gasteiger partial charge is 0.458 e. The molecule has 4 atom stereocenters. The van der Waals surface area contributed by atoms with Gasteiger partial charge >= 0.3 is 5.97 Å². The molecule has 0 bridgehead atoms. The molecule has 0 aromatic heterocycles. The number of carbonyl (C=O) groups excluding carboxylic acids is 1. The number of allylic oxidation sites excluding steroid dienone is 1. The van der Waals surface area contributed by atoms with E-state index in [4.69, 9.17) is 4.74 Å². The molecular formula is C15H22O3. The van der Waals surface area contributed by atoms with Crippen LogP contribution in [0, 0.1) is 11.8 Å². The number of esters is 1. The number of hydrogen-bond acceptors (Lipinski definition) is 3. The second kappa shape index (κ2) is 5.27. The third-order valence-electron chi connectivity index (χ3n) is 4.22. The van der Waals surface area contributed by atoms with Crippen molar-refractivity contribution < 1.29 is 14.6 Å². The summed E-state index contributed by atoms with van der Waals surface area (Å²) >= 11 is 0. The fraction of sp³-hybridized carbons (Fsp3) is 0.667. The van der Waals surface area contributed by atoms with Crippen molar-refractivity contribution in [2.24, 2.45) is 11.8 Å². The number of aliphatic hydroxyl groups is 1. The first kappa shape index (κ1) is 13.3. The Hall–Kier alpha value is -1.09. The molecule has 1 heterocycles.